The Kier molecular flexibility index (Phi) is 4.00. The summed E-state index contributed by atoms with van der Waals surface area (Å²) in [6, 6.07) is 15.0. The summed E-state index contributed by atoms with van der Waals surface area (Å²) in [6.07, 6.45) is 1.06. The van der Waals surface area contributed by atoms with Crippen LogP contribution in [0.3, 0.4) is 0 Å². The quantitative estimate of drug-likeness (QED) is 0.624. The summed E-state index contributed by atoms with van der Waals surface area (Å²) >= 11 is 3.61. The van der Waals surface area contributed by atoms with Gasteiger partial charge < -0.3 is 10.0 Å². The van der Waals surface area contributed by atoms with Crippen molar-refractivity contribution in [2.45, 2.75) is 6.42 Å². The van der Waals surface area contributed by atoms with Crippen molar-refractivity contribution in [1.29, 1.82) is 0 Å². The van der Waals surface area contributed by atoms with Gasteiger partial charge in [-0.05, 0) is 34.7 Å². The maximum atomic E-state index is 7.12. The van der Waals surface area contributed by atoms with Crippen molar-refractivity contribution in [1.82, 2.24) is 0 Å². The highest BCUT2D eigenvalue weighted by molar-refractivity contribution is 9.10. The lowest BCUT2D eigenvalue weighted by Crippen LogP contribution is -1.80. The summed E-state index contributed by atoms with van der Waals surface area (Å²) in [5.74, 6) is 0. The van der Waals surface area contributed by atoms with E-state index in [0.29, 0.717) is 0 Å². The summed E-state index contributed by atoms with van der Waals surface area (Å²) in [5, 5.41) is 14.2. The van der Waals surface area contributed by atoms with E-state index in [9.17, 15) is 0 Å². The summed E-state index contributed by atoms with van der Waals surface area (Å²) < 4.78 is 1.23. The molecule has 0 saturated carbocycles. The molecule has 0 atom stereocenters. The van der Waals surface area contributed by atoms with Crippen molar-refractivity contribution >= 4 is 23.6 Å². The van der Waals surface area contributed by atoms with Gasteiger partial charge in [-0.2, -0.15) is 0 Å². The van der Waals surface area contributed by atoms with Gasteiger partial charge in [0.05, 0.1) is 0 Å². The largest absolute Gasteiger partial charge is 0.432 e. The summed E-state index contributed by atoms with van der Waals surface area (Å²) in [7, 11) is -0.750. The monoisotopic (exact) mass is 290 g/mol. The second kappa shape index (κ2) is 5.49. The van der Waals surface area contributed by atoms with Crippen LogP contribution in [0.5, 0.6) is 0 Å². The lowest BCUT2D eigenvalue weighted by molar-refractivity contribution is 0.448. The molecule has 0 amide bonds. The fraction of sp³-hybridized carbons (Fsp3) is 0.0769. The molecule has 1 aliphatic carbocycles. The van der Waals surface area contributed by atoms with Crippen LogP contribution >= 0.6 is 15.9 Å². The third-order valence-corrected chi connectivity index (χ3v) is 3.54. The van der Waals surface area contributed by atoms with Gasteiger partial charge in [0, 0.05) is 4.47 Å². The number of rotatable bonds is 0. The van der Waals surface area contributed by atoms with Crippen LogP contribution in [-0.4, -0.2) is 17.7 Å². The van der Waals surface area contributed by atoms with E-state index >= 15 is 0 Å². The van der Waals surface area contributed by atoms with E-state index in [1.165, 1.54) is 26.7 Å². The first kappa shape index (κ1) is 12.4. The predicted molar refractivity (Wildman–Crippen MR) is 74.0 cm³/mol. The van der Waals surface area contributed by atoms with E-state index < -0.39 is 7.69 Å². The van der Waals surface area contributed by atoms with Crippen LogP contribution in [0, 0.1) is 0 Å². The minimum Gasteiger partial charge on any atom is -0.430 e. The highest BCUT2D eigenvalue weighted by Gasteiger charge is 2.18. The molecule has 0 fully saturated rings. The molecule has 0 saturated heterocycles. The van der Waals surface area contributed by atoms with E-state index in [4.69, 9.17) is 10.0 Å². The predicted octanol–water partition coefficient (Wildman–Crippen LogP) is 2.26. The first-order valence-electron chi connectivity index (χ1n) is 5.35. The number of hydrogen-bond acceptors (Lipinski definition) is 2. The molecule has 2 nitrogen and oxygen atoms in total. The van der Waals surface area contributed by atoms with Gasteiger partial charge in [0.25, 0.3) is 0 Å². The van der Waals surface area contributed by atoms with E-state index in [1.54, 1.807) is 0 Å². The van der Waals surface area contributed by atoms with Crippen molar-refractivity contribution in [3.8, 4) is 11.1 Å². The SMILES string of the molecule is Brc1cccc2c1Cc1ccccc1-2.OBO. The van der Waals surface area contributed by atoms with Crippen molar-refractivity contribution in [2.24, 2.45) is 0 Å². The smallest absolute Gasteiger partial charge is 0.430 e. The molecular weight excluding hydrogens is 279 g/mol. The summed E-state index contributed by atoms with van der Waals surface area (Å²) in [5.41, 5.74) is 5.64. The number of hydrogen-bond donors (Lipinski definition) is 2. The lowest BCUT2D eigenvalue weighted by atomic mass is 10.1. The zero-order valence-electron chi connectivity index (χ0n) is 9.23. The van der Waals surface area contributed by atoms with Gasteiger partial charge in [-0.3, -0.25) is 0 Å². The van der Waals surface area contributed by atoms with Crippen molar-refractivity contribution in [3.63, 3.8) is 0 Å². The average Bonchev–Trinajstić information content (AvgIpc) is 2.71. The highest BCUT2D eigenvalue weighted by Crippen LogP contribution is 2.39. The Morgan fingerprint density at radius 3 is 2.35 bits per heavy atom. The normalized spacial score (nSPS) is 11.0. The minimum atomic E-state index is -0.750. The zero-order valence-corrected chi connectivity index (χ0v) is 10.8. The number of fused-ring (bicyclic) bond motifs is 3. The Labute approximate surface area is 109 Å². The third-order valence-electron chi connectivity index (χ3n) is 2.79. The molecule has 1 aliphatic rings. The molecule has 2 N–H and O–H groups in total. The van der Waals surface area contributed by atoms with Crippen molar-refractivity contribution in [3.05, 3.63) is 58.1 Å². The molecule has 4 heteroatoms. The standard InChI is InChI=1S/C13H9Br.BH3O2/c14-13-7-3-6-11-10-5-2-1-4-9(10)8-12(11)13;2-1-3/h1-7H,8H2;1-3H. The second-order valence-electron chi connectivity index (χ2n) is 3.74. The Morgan fingerprint density at radius 1 is 0.941 bits per heavy atom. The van der Waals surface area contributed by atoms with E-state index in [-0.39, 0.29) is 0 Å². The zero-order chi connectivity index (χ0) is 12.3. The Balaban J connectivity index is 0.000000329. The molecule has 0 aliphatic heterocycles. The van der Waals surface area contributed by atoms with E-state index in [1.807, 2.05) is 0 Å². The molecule has 0 unspecified atom stereocenters. The fourth-order valence-corrected chi connectivity index (χ4v) is 2.62. The van der Waals surface area contributed by atoms with E-state index in [2.05, 4.69) is 58.4 Å². The summed E-state index contributed by atoms with van der Waals surface area (Å²) in [6.45, 7) is 0. The molecule has 0 bridgehead atoms. The topological polar surface area (TPSA) is 40.5 Å². The molecule has 2 aromatic rings. The van der Waals surface area contributed by atoms with Gasteiger partial charge in [-0.25, -0.2) is 0 Å². The van der Waals surface area contributed by atoms with Gasteiger partial charge in [0.1, 0.15) is 0 Å². The Hall–Kier alpha value is -1.10. The Morgan fingerprint density at radius 2 is 1.59 bits per heavy atom. The van der Waals surface area contributed by atoms with Crippen LogP contribution in [0.15, 0.2) is 46.9 Å². The second-order valence-corrected chi connectivity index (χ2v) is 4.60. The minimum absolute atomic E-state index is 0.750. The third kappa shape index (κ3) is 2.44. The van der Waals surface area contributed by atoms with Gasteiger partial charge in [-0.15, -0.1) is 0 Å². The van der Waals surface area contributed by atoms with Crippen LogP contribution in [0.4, 0.5) is 0 Å². The fourth-order valence-electron chi connectivity index (χ4n) is 2.12. The lowest BCUT2D eigenvalue weighted by Gasteiger charge is -2.01. The van der Waals surface area contributed by atoms with Gasteiger partial charge in [-0.1, -0.05) is 52.3 Å². The van der Waals surface area contributed by atoms with Gasteiger partial charge in [0.2, 0.25) is 0 Å². The first-order valence-corrected chi connectivity index (χ1v) is 6.14. The van der Waals surface area contributed by atoms with Crippen LogP contribution in [0.2, 0.25) is 0 Å². The van der Waals surface area contributed by atoms with Crippen molar-refractivity contribution < 1.29 is 10.0 Å². The molecule has 0 radical (unpaired) electrons. The molecule has 0 aromatic heterocycles. The van der Waals surface area contributed by atoms with Crippen LogP contribution in [0.1, 0.15) is 11.1 Å². The molecule has 0 spiro atoms. The van der Waals surface area contributed by atoms with Gasteiger partial charge in [0.15, 0.2) is 0 Å². The molecule has 0 heterocycles. The molecule has 17 heavy (non-hydrogen) atoms. The van der Waals surface area contributed by atoms with Crippen LogP contribution in [-0.2, 0) is 6.42 Å². The maximum Gasteiger partial charge on any atom is 0.432 e. The molecular formula is C13H12BBrO2. The average molecular weight is 291 g/mol. The van der Waals surface area contributed by atoms with E-state index in [0.717, 1.165) is 6.42 Å². The summed E-state index contributed by atoms with van der Waals surface area (Å²) in [4.78, 5) is 0. The number of benzene rings is 2. The maximum absolute atomic E-state index is 7.12. The first-order chi connectivity index (χ1) is 8.27. The van der Waals surface area contributed by atoms with Crippen LogP contribution < -0.4 is 0 Å². The molecule has 2 aromatic carbocycles. The van der Waals surface area contributed by atoms with Gasteiger partial charge >= 0.3 is 7.69 Å². The molecule has 3 rings (SSSR count). The highest BCUT2D eigenvalue weighted by atomic mass is 79.9. The number of halogens is 1. The van der Waals surface area contributed by atoms with Crippen molar-refractivity contribution in [2.75, 3.05) is 0 Å². The Bertz CT molecular complexity index is 529. The van der Waals surface area contributed by atoms with Crippen LogP contribution in [0.25, 0.3) is 11.1 Å². The molecule has 86 valence electrons.